The van der Waals surface area contributed by atoms with Crippen LogP contribution in [0.5, 0.6) is 5.75 Å². The van der Waals surface area contributed by atoms with Gasteiger partial charge in [0, 0.05) is 75.0 Å². The van der Waals surface area contributed by atoms with Crippen molar-refractivity contribution in [1.29, 1.82) is 0 Å². The van der Waals surface area contributed by atoms with Crippen LogP contribution in [0.2, 0.25) is 0 Å². The molecule has 9 aromatic rings. The molecule has 10 bridgehead atoms. The van der Waals surface area contributed by atoms with Crippen molar-refractivity contribution in [3.63, 3.8) is 0 Å². The maximum absolute atomic E-state index is 15.2. The summed E-state index contributed by atoms with van der Waals surface area (Å²) in [6, 6.07) is 13.4. The number of carbonyl (C=O) groups excluding carboxylic acids is 7. The first-order valence-electron chi connectivity index (χ1n) is 28.8. The smallest absolute Gasteiger partial charge is 0.303 e. The van der Waals surface area contributed by atoms with Gasteiger partial charge in [-0.2, -0.15) is 0 Å². The number of aryl methyl sites for hydroxylation is 1. The van der Waals surface area contributed by atoms with Gasteiger partial charge >= 0.3 is 5.97 Å². The Morgan fingerprint density at radius 1 is 0.720 bits per heavy atom. The highest BCUT2D eigenvalue weighted by atomic mass is 32.1. The van der Waals surface area contributed by atoms with Crippen molar-refractivity contribution >= 4 is 115 Å². The number of aliphatic hydroxyl groups is 3. The number of phenols is 1. The number of nitrogens with zero attached hydrogens (tertiary/aromatic N) is 8. The molecule has 25 nitrogen and oxygen atoms in total. The zero-order valence-electron chi connectivity index (χ0n) is 49.7. The number of carbonyl (C=O) groups is 8. The van der Waals surface area contributed by atoms with Crippen LogP contribution >= 0.6 is 68.0 Å². The second kappa shape index (κ2) is 27.4. The molecule has 8 atom stereocenters. The second-order valence-corrected chi connectivity index (χ2v) is 28.4. The Balaban J connectivity index is 0.994. The minimum Gasteiger partial charge on any atom is -0.508 e. The summed E-state index contributed by atoms with van der Waals surface area (Å²) < 4.78 is 0. The van der Waals surface area contributed by atoms with Gasteiger partial charge < -0.3 is 52.1 Å². The number of aromatic nitrogens is 7. The molecule has 93 heavy (non-hydrogen) atoms. The second-order valence-electron chi connectivity index (χ2n) is 22.8. The Hall–Kier alpha value is -8.79. The van der Waals surface area contributed by atoms with E-state index < -0.39 is 120 Å². The lowest BCUT2D eigenvalue weighted by Gasteiger charge is -2.29. The lowest BCUT2D eigenvalue weighted by Crippen LogP contribution is -2.54. The summed E-state index contributed by atoms with van der Waals surface area (Å²) in [6.45, 7) is 5.95. The fourth-order valence-corrected chi connectivity index (χ4v) is 16.2. The fourth-order valence-electron chi connectivity index (χ4n) is 10.8. The molecule has 11 rings (SSSR count). The fraction of sp³-hybridized carbons (Fsp3) is 0.306. The maximum atomic E-state index is 15.2. The molecule has 9 heterocycles. The highest BCUT2D eigenvalue weighted by molar-refractivity contribution is 7.15. The molecule has 7 aromatic heterocycles. The molecular formula is C62H58N12O13S6. The maximum Gasteiger partial charge on any atom is 0.303 e. The topological polar surface area (TPSA) is 393 Å². The molecule has 2 aliphatic heterocycles. The number of aliphatic carboxylic acids is 1. The third-order valence-electron chi connectivity index (χ3n) is 15.6. The van der Waals surface area contributed by atoms with E-state index >= 15 is 4.79 Å². The molecule has 0 aliphatic carbocycles. The Labute approximate surface area is 553 Å². The van der Waals surface area contributed by atoms with Crippen LogP contribution in [-0.2, 0) is 25.6 Å². The van der Waals surface area contributed by atoms with Gasteiger partial charge in [-0.1, -0.05) is 49.4 Å². The Morgan fingerprint density at radius 3 is 2.08 bits per heavy atom. The molecular weight excluding hydrogens is 1310 g/mol. The molecule has 1 saturated heterocycles. The molecule has 1 fully saturated rings. The number of aliphatic hydroxyl groups excluding tert-OH is 2. The number of nitrogens with one attached hydrogen (secondary N) is 3. The van der Waals surface area contributed by atoms with E-state index in [9.17, 15) is 59.1 Å². The number of nitrogens with two attached hydrogens (primary N) is 1. The number of hydrogen-bond acceptors (Lipinski definition) is 25. The van der Waals surface area contributed by atoms with Gasteiger partial charge in [0.1, 0.15) is 82.7 Å². The summed E-state index contributed by atoms with van der Waals surface area (Å²) in [7, 11) is 0. The number of pyridine rings is 1. The van der Waals surface area contributed by atoms with Gasteiger partial charge in [0.2, 0.25) is 11.8 Å². The van der Waals surface area contributed by atoms with Crippen LogP contribution in [0.3, 0.4) is 0 Å². The number of primary amides is 1. The van der Waals surface area contributed by atoms with Crippen molar-refractivity contribution in [2.45, 2.75) is 108 Å². The van der Waals surface area contributed by atoms with E-state index in [1.54, 1.807) is 79.2 Å². The van der Waals surface area contributed by atoms with Gasteiger partial charge in [-0.05, 0) is 56.2 Å². The predicted octanol–water partition coefficient (Wildman–Crippen LogP) is 7.48. The van der Waals surface area contributed by atoms with Crippen LogP contribution in [-0.4, -0.2) is 143 Å². The molecule has 2 aliphatic rings. The molecule has 5 amide bonds. The van der Waals surface area contributed by atoms with E-state index in [0.717, 1.165) is 45.3 Å². The average Bonchev–Trinajstić information content (AvgIpc) is 1.68. The molecule has 480 valence electrons. The SMILES string of the molecule is Cc1sc2nc1C(=O)CC([C@H](O)c1ccccc1)c1nc(cs1)C(=O)N[C@@H](Cc1ccc(O)cc1)C(=O)N1C[C@H](O)[C@H](C)[C@H]1c1nc(cs1)-c1nc(cs1)-c1nc(-c3nc(C(=O)N[C@H](C(=O)CCC(=O)O)C(C)(C)O)cs3)ccc1-c1nc(cs1)C(=O)N[C@H]2CC(N)=O. The number of carboxylic acid groups (broad SMARTS) is 1. The highest BCUT2D eigenvalue weighted by Crippen LogP contribution is 2.43. The normalized spacial score (nSPS) is 19.5. The lowest BCUT2D eigenvalue weighted by atomic mass is 9.90. The monoisotopic (exact) mass is 1370 g/mol. The van der Waals surface area contributed by atoms with Gasteiger partial charge in [-0.3, -0.25) is 38.4 Å². The van der Waals surface area contributed by atoms with Crippen LogP contribution in [0.1, 0.15) is 144 Å². The number of benzene rings is 2. The zero-order valence-corrected chi connectivity index (χ0v) is 54.6. The van der Waals surface area contributed by atoms with Gasteiger partial charge in [0.05, 0.1) is 53.4 Å². The standard InChI is InChI=1S/C62H58N12O13S6/c1-27-44(78)21-74-49(27)60-71-41(26-92-60)58-67-37(22-90-58)48-32(14-15-34(64-48)57-70-40(25-91-57)54(85)73-51(62(3,4)87)42(76)16-17-46(80)81)55-68-38(23-88-55)52(83)65-35(20-45(63)79)59-72-47(28(2)93-59)43(77)19-33(50(82)30-8-6-5-7-9-30)56-69-39(24-89-56)53(84)66-36(61(74)86)18-29-10-12-31(75)13-11-29/h5-15,22-27,33,35-36,44,49-51,75,78,82,87H,16-21H2,1-4H3,(H2,63,79)(H,65,83)(H,66,84)(H,73,85)(H,80,81)/t27-,33?,35-,36-,44-,49-,50+,51+/m0/s1. The van der Waals surface area contributed by atoms with Crippen LogP contribution in [0.4, 0.5) is 0 Å². The summed E-state index contributed by atoms with van der Waals surface area (Å²) in [4.78, 5) is 145. The van der Waals surface area contributed by atoms with Crippen LogP contribution in [0.25, 0.3) is 43.4 Å². The van der Waals surface area contributed by atoms with Crippen molar-refractivity contribution in [3.8, 4) is 49.1 Å². The number of ketones is 2. The van der Waals surface area contributed by atoms with E-state index in [1.807, 2.05) is 0 Å². The van der Waals surface area contributed by atoms with Crippen molar-refractivity contribution in [3.05, 3.63) is 147 Å². The molecule has 10 N–H and O–H groups in total. The number of Topliss-reactive ketones (excluding diaryl/α,β-unsaturated/α-hetero) is 2. The average molecular weight is 1370 g/mol. The van der Waals surface area contributed by atoms with Crippen LogP contribution in [0.15, 0.2) is 93.6 Å². The third kappa shape index (κ3) is 14.5. The summed E-state index contributed by atoms with van der Waals surface area (Å²) in [5.41, 5.74) is 6.38. The molecule has 2 aromatic carbocycles. The number of phenolic OH excluding ortho intramolecular Hbond substituents is 1. The first-order valence-corrected chi connectivity index (χ1v) is 34.1. The van der Waals surface area contributed by atoms with Gasteiger partial charge in [-0.25, -0.2) is 34.9 Å². The summed E-state index contributed by atoms with van der Waals surface area (Å²) in [5.74, 6) is -7.69. The van der Waals surface area contributed by atoms with Crippen molar-refractivity contribution in [2.75, 3.05) is 6.54 Å². The Morgan fingerprint density at radius 2 is 1.35 bits per heavy atom. The first kappa shape index (κ1) is 65.7. The van der Waals surface area contributed by atoms with Crippen molar-refractivity contribution < 1.29 is 63.9 Å². The van der Waals surface area contributed by atoms with Crippen LogP contribution in [0, 0.1) is 12.8 Å². The molecule has 1 unspecified atom stereocenters. The van der Waals surface area contributed by atoms with Gasteiger partial charge in [0.15, 0.2) is 11.6 Å². The minimum atomic E-state index is -1.77. The van der Waals surface area contributed by atoms with E-state index in [-0.39, 0.29) is 74.3 Å². The first-order chi connectivity index (χ1) is 44.4. The quantitative estimate of drug-likeness (QED) is 0.0509. The van der Waals surface area contributed by atoms with Crippen LogP contribution < -0.4 is 21.7 Å². The number of hydrogen-bond donors (Lipinski definition) is 9. The van der Waals surface area contributed by atoms with Gasteiger partial charge in [-0.15, -0.1) is 68.0 Å². The Kier molecular flexibility index (Phi) is 19.4. The summed E-state index contributed by atoms with van der Waals surface area (Å²) in [5, 5.41) is 71.8. The number of thiazole rings is 6. The Bertz CT molecular complexity index is 4340. The summed E-state index contributed by atoms with van der Waals surface area (Å²) >= 11 is 6.68. The highest BCUT2D eigenvalue weighted by Gasteiger charge is 2.46. The number of fused-ring (bicyclic) bond motifs is 16. The number of carboxylic acids is 1. The number of rotatable bonds is 14. The van der Waals surface area contributed by atoms with E-state index in [2.05, 4.69) is 30.9 Å². The zero-order chi connectivity index (χ0) is 66.2. The van der Waals surface area contributed by atoms with Gasteiger partial charge in [0.25, 0.3) is 17.7 Å². The van der Waals surface area contributed by atoms with Crippen molar-refractivity contribution in [1.82, 2.24) is 55.7 Å². The van der Waals surface area contributed by atoms with E-state index in [0.29, 0.717) is 48.0 Å². The molecule has 31 heteroatoms. The largest absolute Gasteiger partial charge is 0.508 e. The van der Waals surface area contributed by atoms with E-state index in [4.69, 9.17) is 25.7 Å². The molecule has 0 spiro atoms. The molecule has 0 saturated carbocycles. The third-order valence-corrected chi connectivity index (χ3v) is 21.2. The summed E-state index contributed by atoms with van der Waals surface area (Å²) in [6.07, 6.45) is -4.12. The molecule has 0 radical (unpaired) electrons. The number of amides is 5. The van der Waals surface area contributed by atoms with Crippen molar-refractivity contribution in [2.24, 2.45) is 11.7 Å². The lowest BCUT2D eigenvalue weighted by molar-refractivity contribution is -0.139. The predicted molar refractivity (Wildman–Crippen MR) is 347 cm³/mol. The number of aromatic hydroxyl groups is 1. The minimum absolute atomic E-state index is 0.00531. The van der Waals surface area contributed by atoms with E-state index in [1.165, 1.54) is 69.7 Å².